The van der Waals surface area contributed by atoms with Crippen molar-refractivity contribution in [3.05, 3.63) is 48.0 Å². The SMILES string of the molecule is CCNC(=O)[C@@H](CC)N(Cc1ccc(OC)cc1)C(=O)COc1cc(OC)cc(OC)c1. The molecule has 32 heavy (non-hydrogen) atoms. The zero-order chi connectivity index (χ0) is 23.5. The minimum Gasteiger partial charge on any atom is -0.497 e. The average molecular weight is 445 g/mol. The van der Waals surface area contributed by atoms with E-state index in [2.05, 4.69) is 5.32 Å². The van der Waals surface area contributed by atoms with Crippen molar-refractivity contribution >= 4 is 11.8 Å². The van der Waals surface area contributed by atoms with Gasteiger partial charge in [-0.2, -0.15) is 0 Å². The molecule has 0 saturated heterocycles. The summed E-state index contributed by atoms with van der Waals surface area (Å²) in [5.74, 6) is 1.76. The highest BCUT2D eigenvalue weighted by atomic mass is 16.5. The van der Waals surface area contributed by atoms with Gasteiger partial charge < -0.3 is 29.2 Å². The number of rotatable bonds is 12. The van der Waals surface area contributed by atoms with Crippen LogP contribution >= 0.6 is 0 Å². The standard InChI is InChI=1S/C24H32N2O6/c1-6-22(24(28)25-7-2)26(15-17-8-10-18(29-3)11-9-17)23(27)16-32-21-13-19(30-4)12-20(14-21)31-5/h8-14,22H,6-7,15-16H2,1-5H3,(H,25,28)/t22-/m1/s1. The Kier molecular flexibility index (Phi) is 9.66. The third-order valence-electron chi connectivity index (χ3n) is 4.94. The van der Waals surface area contributed by atoms with Crippen LogP contribution in [0.5, 0.6) is 23.0 Å². The maximum Gasteiger partial charge on any atom is 0.261 e. The summed E-state index contributed by atoms with van der Waals surface area (Å²) in [4.78, 5) is 27.4. The molecule has 0 aliphatic heterocycles. The molecule has 0 aliphatic rings. The highest BCUT2D eigenvalue weighted by Gasteiger charge is 2.28. The van der Waals surface area contributed by atoms with Crippen molar-refractivity contribution in [1.29, 1.82) is 0 Å². The summed E-state index contributed by atoms with van der Waals surface area (Å²) < 4.78 is 21.4. The van der Waals surface area contributed by atoms with Crippen LogP contribution in [0.4, 0.5) is 0 Å². The van der Waals surface area contributed by atoms with E-state index in [-0.39, 0.29) is 25.0 Å². The maximum absolute atomic E-state index is 13.2. The number of likely N-dealkylation sites (N-methyl/N-ethyl adjacent to an activating group) is 1. The second-order valence-electron chi connectivity index (χ2n) is 7.03. The molecule has 0 fully saturated rings. The van der Waals surface area contributed by atoms with Crippen LogP contribution in [0.15, 0.2) is 42.5 Å². The Hall–Kier alpha value is -3.42. The minimum absolute atomic E-state index is 0.195. The van der Waals surface area contributed by atoms with Crippen molar-refractivity contribution in [2.45, 2.75) is 32.9 Å². The topological polar surface area (TPSA) is 86.3 Å². The fraction of sp³-hybridized carbons (Fsp3) is 0.417. The van der Waals surface area contributed by atoms with E-state index in [1.54, 1.807) is 44.4 Å². The predicted molar refractivity (Wildman–Crippen MR) is 121 cm³/mol. The first-order chi connectivity index (χ1) is 15.4. The zero-order valence-corrected chi connectivity index (χ0v) is 19.3. The third-order valence-corrected chi connectivity index (χ3v) is 4.94. The van der Waals surface area contributed by atoms with Crippen molar-refractivity contribution in [2.24, 2.45) is 0 Å². The zero-order valence-electron chi connectivity index (χ0n) is 19.3. The van der Waals surface area contributed by atoms with Gasteiger partial charge in [0.05, 0.1) is 21.3 Å². The van der Waals surface area contributed by atoms with Crippen LogP contribution < -0.4 is 24.3 Å². The molecule has 8 heteroatoms. The highest BCUT2D eigenvalue weighted by molar-refractivity contribution is 5.88. The molecule has 0 radical (unpaired) electrons. The van der Waals surface area contributed by atoms with Crippen LogP contribution in [0.25, 0.3) is 0 Å². The quantitative estimate of drug-likeness (QED) is 0.542. The first-order valence-electron chi connectivity index (χ1n) is 10.5. The van der Waals surface area contributed by atoms with E-state index in [1.807, 2.05) is 38.1 Å². The van der Waals surface area contributed by atoms with Gasteiger partial charge in [0, 0.05) is 31.3 Å². The van der Waals surface area contributed by atoms with Gasteiger partial charge in [-0.15, -0.1) is 0 Å². The molecule has 174 valence electrons. The summed E-state index contributed by atoms with van der Waals surface area (Å²) in [6.07, 6.45) is 0.473. The largest absolute Gasteiger partial charge is 0.497 e. The number of carbonyl (C=O) groups excluding carboxylic acids is 2. The first kappa shape index (κ1) is 24.8. The summed E-state index contributed by atoms with van der Waals surface area (Å²) in [5.41, 5.74) is 0.880. The van der Waals surface area contributed by atoms with Crippen molar-refractivity contribution in [3.63, 3.8) is 0 Å². The van der Waals surface area contributed by atoms with Crippen LogP contribution in [-0.4, -0.2) is 57.2 Å². The molecule has 1 atom stereocenters. The van der Waals surface area contributed by atoms with Crippen LogP contribution in [-0.2, 0) is 16.1 Å². The molecular weight excluding hydrogens is 412 g/mol. The number of hydrogen-bond acceptors (Lipinski definition) is 6. The molecule has 0 heterocycles. The Bertz CT molecular complexity index is 862. The Morgan fingerprint density at radius 2 is 1.44 bits per heavy atom. The monoisotopic (exact) mass is 444 g/mol. The van der Waals surface area contributed by atoms with Crippen molar-refractivity contribution in [3.8, 4) is 23.0 Å². The summed E-state index contributed by atoms with van der Waals surface area (Å²) in [6.45, 7) is 4.24. The summed E-state index contributed by atoms with van der Waals surface area (Å²) in [6, 6.07) is 11.8. The van der Waals surface area contributed by atoms with Crippen LogP contribution in [0.3, 0.4) is 0 Å². The third kappa shape index (κ3) is 6.80. The van der Waals surface area contributed by atoms with Gasteiger partial charge >= 0.3 is 0 Å². The van der Waals surface area contributed by atoms with Crippen molar-refractivity contribution < 1.29 is 28.5 Å². The molecule has 8 nitrogen and oxygen atoms in total. The van der Waals surface area contributed by atoms with Crippen molar-refractivity contribution in [1.82, 2.24) is 10.2 Å². The Labute approximate surface area is 189 Å². The average Bonchev–Trinajstić information content (AvgIpc) is 2.82. The van der Waals surface area contributed by atoms with E-state index in [0.29, 0.717) is 30.2 Å². The molecular formula is C24H32N2O6. The Balaban J connectivity index is 2.22. The molecule has 2 aromatic rings. The van der Waals surface area contributed by atoms with Gasteiger partial charge in [-0.05, 0) is 31.0 Å². The van der Waals surface area contributed by atoms with E-state index in [1.165, 1.54) is 0 Å². The summed E-state index contributed by atoms with van der Waals surface area (Å²) >= 11 is 0. The molecule has 0 aliphatic carbocycles. The first-order valence-corrected chi connectivity index (χ1v) is 10.5. The van der Waals surface area contributed by atoms with E-state index in [4.69, 9.17) is 18.9 Å². The number of hydrogen-bond donors (Lipinski definition) is 1. The van der Waals surface area contributed by atoms with Crippen molar-refractivity contribution in [2.75, 3.05) is 34.5 Å². The molecule has 1 N–H and O–H groups in total. The smallest absolute Gasteiger partial charge is 0.261 e. The van der Waals surface area contributed by atoms with Gasteiger partial charge in [-0.1, -0.05) is 19.1 Å². The van der Waals surface area contributed by atoms with Gasteiger partial charge in [0.2, 0.25) is 5.91 Å². The van der Waals surface area contributed by atoms with Crippen LogP contribution in [0, 0.1) is 0 Å². The molecule has 0 spiro atoms. The fourth-order valence-corrected chi connectivity index (χ4v) is 3.23. The number of carbonyl (C=O) groups is 2. The summed E-state index contributed by atoms with van der Waals surface area (Å²) in [5, 5.41) is 2.81. The number of nitrogens with one attached hydrogen (secondary N) is 1. The molecule has 2 amide bonds. The van der Waals surface area contributed by atoms with Gasteiger partial charge in [-0.3, -0.25) is 9.59 Å². The van der Waals surface area contributed by atoms with E-state index >= 15 is 0 Å². The lowest BCUT2D eigenvalue weighted by atomic mass is 10.1. The maximum atomic E-state index is 13.2. The van der Waals surface area contributed by atoms with Crippen LogP contribution in [0.2, 0.25) is 0 Å². The van der Waals surface area contributed by atoms with E-state index < -0.39 is 6.04 Å². The molecule has 0 unspecified atom stereocenters. The van der Waals surface area contributed by atoms with E-state index in [9.17, 15) is 9.59 Å². The van der Waals surface area contributed by atoms with Gasteiger partial charge in [0.15, 0.2) is 6.61 Å². The Morgan fingerprint density at radius 3 is 1.94 bits per heavy atom. The van der Waals surface area contributed by atoms with Gasteiger partial charge in [0.25, 0.3) is 5.91 Å². The lowest BCUT2D eigenvalue weighted by Gasteiger charge is -2.30. The lowest BCUT2D eigenvalue weighted by molar-refractivity contribution is -0.142. The fourth-order valence-electron chi connectivity index (χ4n) is 3.23. The molecule has 2 aromatic carbocycles. The number of ether oxygens (including phenoxy) is 4. The molecule has 2 rings (SSSR count). The number of methoxy groups -OCH3 is 3. The number of nitrogens with zero attached hydrogens (tertiary/aromatic N) is 1. The normalized spacial score (nSPS) is 11.3. The Morgan fingerprint density at radius 1 is 0.875 bits per heavy atom. The number of amides is 2. The second-order valence-corrected chi connectivity index (χ2v) is 7.03. The molecule has 0 bridgehead atoms. The van der Waals surface area contributed by atoms with Gasteiger partial charge in [-0.25, -0.2) is 0 Å². The van der Waals surface area contributed by atoms with Crippen LogP contribution in [0.1, 0.15) is 25.8 Å². The van der Waals surface area contributed by atoms with E-state index in [0.717, 1.165) is 11.3 Å². The predicted octanol–water partition coefficient (Wildman–Crippen LogP) is 3.03. The lowest BCUT2D eigenvalue weighted by Crippen LogP contribution is -2.50. The minimum atomic E-state index is -0.618. The molecule has 0 aromatic heterocycles. The highest BCUT2D eigenvalue weighted by Crippen LogP contribution is 2.27. The summed E-state index contributed by atoms with van der Waals surface area (Å²) in [7, 11) is 4.68. The second kappa shape index (κ2) is 12.4. The van der Waals surface area contributed by atoms with Gasteiger partial charge in [0.1, 0.15) is 29.0 Å². The number of benzene rings is 2. The molecule has 0 saturated carbocycles.